The van der Waals surface area contributed by atoms with E-state index in [0.717, 1.165) is 12.5 Å². The molecule has 0 spiro atoms. The second kappa shape index (κ2) is 5.31. The minimum Gasteiger partial charge on any atom is -0.329 e. The first-order valence-electron chi connectivity index (χ1n) is 6.46. The van der Waals surface area contributed by atoms with Crippen molar-refractivity contribution in [1.82, 2.24) is 4.90 Å². The molecule has 2 atom stereocenters. The summed E-state index contributed by atoms with van der Waals surface area (Å²) < 4.78 is 0. The van der Waals surface area contributed by atoms with Gasteiger partial charge in [0.1, 0.15) is 0 Å². The Hall–Kier alpha value is -0.0800. The number of hydrogen-bond acceptors (Lipinski definition) is 2. The molecular weight excluding hydrogens is 184 g/mol. The lowest BCUT2D eigenvalue weighted by Crippen LogP contribution is -2.53. The van der Waals surface area contributed by atoms with Gasteiger partial charge in [-0.3, -0.25) is 4.90 Å². The fraction of sp³-hybridized carbons (Fsp3) is 1.00. The number of nitrogens with two attached hydrogens (primary N) is 1. The molecule has 1 aliphatic carbocycles. The van der Waals surface area contributed by atoms with Gasteiger partial charge in [0.05, 0.1) is 0 Å². The first-order chi connectivity index (χ1) is 7.03. The van der Waals surface area contributed by atoms with Gasteiger partial charge in [-0.05, 0) is 39.7 Å². The number of hydrogen-bond donors (Lipinski definition) is 1. The van der Waals surface area contributed by atoms with E-state index in [1.54, 1.807) is 0 Å². The summed E-state index contributed by atoms with van der Waals surface area (Å²) in [5.41, 5.74) is 6.19. The molecule has 1 aliphatic rings. The average molecular weight is 212 g/mol. The number of rotatable bonds is 7. The predicted molar refractivity (Wildman–Crippen MR) is 66.9 cm³/mol. The second-order valence-electron chi connectivity index (χ2n) is 5.60. The molecule has 0 saturated heterocycles. The maximum Gasteiger partial charge on any atom is 0.0306 e. The van der Waals surface area contributed by atoms with Crippen LogP contribution in [0.4, 0.5) is 0 Å². The third kappa shape index (κ3) is 3.46. The summed E-state index contributed by atoms with van der Waals surface area (Å²) in [7, 11) is 2.25. The molecule has 1 saturated carbocycles. The molecule has 2 heteroatoms. The Morgan fingerprint density at radius 3 is 2.47 bits per heavy atom. The highest BCUT2D eigenvalue weighted by molar-refractivity contribution is 4.93. The molecule has 0 aromatic carbocycles. The van der Waals surface area contributed by atoms with Crippen molar-refractivity contribution in [3.05, 3.63) is 0 Å². The first kappa shape index (κ1) is 13.0. The van der Waals surface area contributed by atoms with E-state index in [0.29, 0.717) is 6.04 Å². The van der Waals surface area contributed by atoms with Crippen molar-refractivity contribution in [2.45, 2.75) is 64.5 Å². The molecule has 2 unspecified atom stereocenters. The van der Waals surface area contributed by atoms with Crippen LogP contribution in [-0.2, 0) is 0 Å². The Morgan fingerprint density at radius 2 is 2.07 bits per heavy atom. The van der Waals surface area contributed by atoms with E-state index in [1.165, 1.54) is 32.1 Å². The summed E-state index contributed by atoms with van der Waals surface area (Å²) in [6.45, 7) is 7.70. The molecule has 0 aromatic heterocycles. The van der Waals surface area contributed by atoms with Gasteiger partial charge in [-0.15, -0.1) is 0 Å². The molecule has 0 bridgehead atoms. The quantitative estimate of drug-likeness (QED) is 0.703. The highest BCUT2D eigenvalue weighted by Crippen LogP contribution is 2.38. The van der Waals surface area contributed by atoms with Crippen molar-refractivity contribution in [2.75, 3.05) is 13.6 Å². The first-order valence-corrected chi connectivity index (χ1v) is 6.46. The second-order valence-corrected chi connectivity index (χ2v) is 5.60. The maximum atomic E-state index is 5.98. The highest BCUT2D eigenvalue weighted by Gasteiger charge is 2.36. The van der Waals surface area contributed by atoms with Crippen LogP contribution in [0, 0.1) is 5.92 Å². The van der Waals surface area contributed by atoms with Crippen molar-refractivity contribution >= 4 is 0 Å². The lowest BCUT2D eigenvalue weighted by atomic mass is 9.91. The highest BCUT2D eigenvalue weighted by atomic mass is 15.2. The molecule has 0 heterocycles. The fourth-order valence-electron chi connectivity index (χ4n) is 2.46. The van der Waals surface area contributed by atoms with E-state index in [1.807, 2.05) is 0 Å². The van der Waals surface area contributed by atoms with Crippen LogP contribution in [0.1, 0.15) is 52.9 Å². The van der Waals surface area contributed by atoms with Crippen molar-refractivity contribution in [1.29, 1.82) is 0 Å². The van der Waals surface area contributed by atoms with Gasteiger partial charge in [-0.25, -0.2) is 0 Å². The zero-order valence-electron chi connectivity index (χ0n) is 10.9. The van der Waals surface area contributed by atoms with Crippen molar-refractivity contribution in [3.63, 3.8) is 0 Å². The summed E-state index contributed by atoms with van der Waals surface area (Å²) in [6.07, 6.45) is 6.66. The minimum atomic E-state index is 0.218. The summed E-state index contributed by atoms with van der Waals surface area (Å²) in [4.78, 5) is 2.51. The molecule has 2 N–H and O–H groups in total. The summed E-state index contributed by atoms with van der Waals surface area (Å²) >= 11 is 0. The Balaban J connectivity index is 2.53. The number of likely N-dealkylation sites (N-methyl/N-ethyl adjacent to an activating group) is 1. The number of nitrogens with zero attached hydrogens (tertiary/aromatic N) is 1. The van der Waals surface area contributed by atoms with Crippen molar-refractivity contribution in [3.8, 4) is 0 Å². The van der Waals surface area contributed by atoms with E-state index in [2.05, 4.69) is 32.7 Å². The van der Waals surface area contributed by atoms with Gasteiger partial charge in [-0.2, -0.15) is 0 Å². The van der Waals surface area contributed by atoms with E-state index in [9.17, 15) is 0 Å². The van der Waals surface area contributed by atoms with Gasteiger partial charge < -0.3 is 5.73 Å². The van der Waals surface area contributed by atoms with Crippen LogP contribution in [0.15, 0.2) is 0 Å². The Bertz CT molecular complexity index is 189. The molecular formula is C13H28N2. The van der Waals surface area contributed by atoms with E-state index >= 15 is 0 Å². The van der Waals surface area contributed by atoms with Crippen LogP contribution in [0.3, 0.4) is 0 Å². The predicted octanol–water partition coefficient (Wildman–Crippen LogP) is 2.62. The van der Waals surface area contributed by atoms with Gasteiger partial charge in [0.25, 0.3) is 0 Å². The van der Waals surface area contributed by atoms with Gasteiger partial charge in [0.15, 0.2) is 0 Å². The normalized spacial score (nSPS) is 22.8. The summed E-state index contributed by atoms with van der Waals surface area (Å²) in [6, 6.07) is 0.655. The Labute approximate surface area is 95.2 Å². The summed E-state index contributed by atoms with van der Waals surface area (Å²) in [5, 5.41) is 0. The zero-order valence-corrected chi connectivity index (χ0v) is 10.9. The molecule has 1 rings (SSSR count). The Morgan fingerprint density at radius 1 is 1.47 bits per heavy atom. The van der Waals surface area contributed by atoms with Gasteiger partial charge in [0.2, 0.25) is 0 Å². The molecule has 0 aliphatic heterocycles. The van der Waals surface area contributed by atoms with Gasteiger partial charge in [0, 0.05) is 18.1 Å². The zero-order chi connectivity index (χ0) is 11.5. The fourth-order valence-corrected chi connectivity index (χ4v) is 2.46. The molecule has 1 fully saturated rings. The SMILES string of the molecule is CCCC(C)N(C)C(C)(CN)CC1CC1. The lowest BCUT2D eigenvalue weighted by molar-refractivity contribution is 0.0822. The smallest absolute Gasteiger partial charge is 0.0306 e. The van der Waals surface area contributed by atoms with Crippen LogP contribution in [0.25, 0.3) is 0 Å². The standard InChI is InChI=1S/C13H28N2/c1-5-6-11(2)15(4)13(3,10-14)9-12-7-8-12/h11-12H,5-10,14H2,1-4H3. The van der Waals surface area contributed by atoms with E-state index < -0.39 is 0 Å². The third-order valence-corrected chi connectivity index (χ3v) is 4.08. The monoisotopic (exact) mass is 212 g/mol. The minimum absolute atomic E-state index is 0.218. The molecule has 0 amide bonds. The van der Waals surface area contributed by atoms with Gasteiger partial charge in [-0.1, -0.05) is 26.2 Å². The Kier molecular flexibility index (Phi) is 4.60. The largest absolute Gasteiger partial charge is 0.329 e. The van der Waals surface area contributed by atoms with Crippen LogP contribution in [0.2, 0.25) is 0 Å². The average Bonchev–Trinajstić information content (AvgIpc) is 3.00. The third-order valence-electron chi connectivity index (χ3n) is 4.08. The molecule has 90 valence electrons. The van der Waals surface area contributed by atoms with Crippen LogP contribution < -0.4 is 5.73 Å². The van der Waals surface area contributed by atoms with Crippen LogP contribution in [0.5, 0.6) is 0 Å². The molecule has 0 radical (unpaired) electrons. The van der Waals surface area contributed by atoms with E-state index in [4.69, 9.17) is 5.73 Å². The maximum absolute atomic E-state index is 5.98. The van der Waals surface area contributed by atoms with Crippen molar-refractivity contribution in [2.24, 2.45) is 11.7 Å². The van der Waals surface area contributed by atoms with E-state index in [-0.39, 0.29) is 5.54 Å². The lowest BCUT2D eigenvalue weighted by Gasteiger charge is -2.42. The van der Waals surface area contributed by atoms with Gasteiger partial charge >= 0.3 is 0 Å². The van der Waals surface area contributed by atoms with Crippen LogP contribution >= 0.6 is 0 Å². The topological polar surface area (TPSA) is 29.3 Å². The van der Waals surface area contributed by atoms with Crippen molar-refractivity contribution < 1.29 is 0 Å². The molecule has 2 nitrogen and oxygen atoms in total. The summed E-state index contributed by atoms with van der Waals surface area (Å²) in [5.74, 6) is 0.954. The van der Waals surface area contributed by atoms with Crippen LogP contribution in [-0.4, -0.2) is 30.1 Å². The molecule has 0 aromatic rings. The molecule has 15 heavy (non-hydrogen) atoms.